The fourth-order valence-corrected chi connectivity index (χ4v) is 2.20. The van der Waals surface area contributed by atoms with Gasteiger partial charge >= 0.3 is 0 Å². The Labute approximate surface area is 108 Å². The molecule has 96 valence electrons. The Morgan fingerprint density at radius 3 is 2.47 bits per heavy atom. The first kappa shape index (κ1) is 14.0. The molecular formula is C12H22N4S. The molecule has 0 saturated heterocycles. The Morgan fingerprint density at radius 1 is 1.35 bits per heavy atom. The molecule has 1 rings (SSSR count). The zero-order valence-corrected chi connectivity index (χ0v) is 11.9. The minimum atomic E-state index is 0.492. The van der Waals surface area contributed by atoms with Crippen LogP contribution >= 0.6 is 11.3 Å². The molecule has 1 heterocycles. The van der Waals surface area contributed by atoms with Crippen molar-refractivity contribution in [2.45, 2.75) is 40.2 Å². The summed E-state index contributed by atoms with van der Waals surface area (Å²) in [5, 5.41) is 9.59. The van der Waals surface area contributed by atoms with Crippen LogP contribution in [0.1, 0.15) is 44.3 Å². The predicted octanol–water partition coefficient (Wildman–Crippen LogP) is 2.34. The van der Waals surface area contributed by atoms with E-state index in [1.54, 1.807) is 11.3 Å². The van der Waals surface area contributed by atoms with E-state index in [0.717, 1.165) is 29.8 Å². The molecule has 0 aliphatic heterocycles. The first-order valence-electron chi connectivity index (χ1n) is 6.13. The molecule has 0 aliphatic rings. The fourth-order valence-electron chi connectivity index (χ4n) is 1.32. The number of nitrogens with one attached hydrogen (secondary N) is 2. The highest BCUT2D eigenvalue weighted by Crippen LogP contribution is 2.18. The number of hydrogen-bond acceptors (Lipinski definition) is 3. The molecule has 0 aliphatic carbocycles. The summed E-state index contributed by atoms with van der Waals surface area (Å²) in [6.07, 6.45) is 0. The summed E-state index contributed by atoms with van der Waals surface area (Å²) in [5.41, 5.74) is 1.16. The van der Waals surface area contributed by atoms with Crippen LogP contribution in [-0.4, -0.2) is 24.0 Å². The van der Waals surface area contributed by atoms with Gasteiger partial charge in [0.15, 0.2) is 5.96 Å². The summed E-state index contributed by atoms with van der Waals surface area (Å²) in [5.74, 6) is 1.35. The molecular weight excluding hydrogens is 232 g/mol. The quantitative estimate of drug-likeness (QED) is 0.626. The van der Waals surface area contributed by atoms with Crippen molar-refractivity contribution in [1.29, 1.82) is 0 Å². The second-order valence-electron chi connectivity index (χ2n) is 4.05. The fraction of sp³-hybridized carbons (Fsp3) is 0.667. The highest BCUT2D eigenvalue weighted by molar-refractivity contribution is 7.09. The van der Waals surface area contributed by atoms with Crippen molar-refractivity contribution in [1.82, 2.24) is 15.6 Å². The van der Waals surface area contributed by atoms with E-state index in [1.165, 1.54) is 0 Å². The van der Waals surface area contributed by atoms with E-state index in [9.17, 15) is 0 Å². The zero-order chi connectivity index (χ0) is 12.7. The molecule has 0 radical (unpaired) electrons. The summed E-state index contributed by atoms with van der Waals surface area (Å²) in [6, 6.07) is 0. The van der Waals surface area contributed by atoms with Gasteiger partial charge in [0.1, 0.15) is 5.01 Å². The summed E-state index contributed by atoms with van der Waals surface area (Å²) < 4.78 is 0. The zero-order valence-electron chi connectivity index (χ0n) is 11.1. The van der Waals surface area contributed by atoms with Crippen LogP contribution in [0.5, 0.6) is 0 Å². The van der Waals surface area contributed by atoms with E-state index in [0.29, 0.717) is 12.5 Å². The molecule has 1 aromatic rings. The van der Waals surface area contributed by atoms with Gasteiger partial charge in [0, 0.05) is 18.5 Å². The second kappa shape index (κ2) is 7.27. The van der Waals surface area contributed by atoms with Gasteiger partial charge in [0.05, 0.1) is 12.2 Å². The summed E-state index contributed by atoms with van der Waals surface area (Å²) in [7, 11) is 0. The van der Waals surface area contributed by atoms with Gasteiger partial charge in [-0.3, -0.25) is 0 Å². The number of guanidine groups is 1. The average molecular weight is 254 g/mol. The number of thiazole rings is 1. The van der Waals surface area contributed by atoms with Crippen molar-refractivity contribution in [2.24, 2.45) is 4.99 Å². The normalized spacial score (nSPS) is 10.4. The largest absolute Gasteiger partial charge is 0.357 e. The lowest BCUT2D eigenvalue weighted by molar-refractivity contribution is 0.813. The predicted molar refractivity (Wildman–Crippen MR) is 74.7 cm³/mol. The van der Waals surface area contributed by atoms with Crippen LogP contribution in [-0.2, 0) is 6.54 Å². The molecule has 0 saturated carbocycles. The number of aliphatic imine (C=N–C) groups is 1. The van der Waals surface area contributed by atoms with Gasteiger partial charge in [0.25, 0.3) is 0 Å². The SMILES string of the molecule is CCNC(=NCc1nc(C(C)C)cs1)NCC. The van der Waals surface area contributed by atoms with Crippen LogP contribution in [0.25, 0.3) is 0 Å². The lowest BCUT2D eigenvalue weighted by atomic mass is 10.2. The van der Waals surface area contributed by atoms with Crippen LogP contribution in [0.2, 0.25) is 0 Å². The Bertz CT molecular complexity index is 349. The van der Waals surface area contributed by atoms with E-state index >= 15 is 0 Å². The second-order valence-corrected chi connectivity index (χ2v) is 4.99. The van der Waals surface area contributed by atoms with Gasteiger partial charge in [-0.05, 0) is 19.8 Å². The van der Waals surface area contributed by atoms with Crippen molar-refractivity contribution < 1.29 is 0 Å². The molecule has 0 aromatic carbocycles. The molecule has 5 heteroatoms. The number of hydrogen-bond donors (Lipinski definition) is 2. The molecule has 2 N–H and O–H groups in total. The van der Waals surface area contributed by atoms with E-state index in [2.05, 4.69) is 53.7 Å². The smallest absolute Gasteiger partial charge is 0.191 e. The highest BCUT2D eigenvalue weighted by atomic mass is 32.1. The van der Waals surface area contributed by atoms with E-state index in [1.807, 2.05) is 0 Å². The molecule has 0 spiro atoms. The average Bonchev–Trinajstić information content (AvgIpc) is 2.75. The van der Waals surface area contributed by atoms with E-state index in [-0.39, 0.29) is 0 Å². The van der Waals surface area contributed by atoms with Crippen LogP contribution in [0, 0.1) is 0 Å². The third-order valence-corrected chi connectivity index (χ3v) is 3.07. The monoisotopic (exact) mass is 254 g/mol. The summed E-state index contributed by atoms with van der Waals surface area (Å²) in [4.78, 5) is 9.05. The maximum Gasteiger partial charge on any atom is 0.191 e. The third-order valence-electron chi connectivity index (χ3n) is 2.22. The topological polar surface area (TPSA) is 49.3 Å². The standard InChI is InChI=1S/C12H22N4S/c1-5-13-12(14-6-2)15-7-11-16-10(8-17-11)9(3)4/h8-9H,5-7H2,1-4H3,(H2,13,14,15). The maximum absolute atomic E-state index is 4.56. The molecule has 0 bridgehead atoms. The van der Waals surface area contributed by atoms with Crippen LogP contribution in [0.3, 0.4) is 0 Å². The number of rotatable bonds is 5. The number of aromatic nitrogens is 1. The van der Waals surface area contributed by atoms with Crippen LogP contribution in [0.4, 0.5) is 0 Å². The molecule has 1 aromatic heterocycles. The Morgan fingerprint density at radius 2 is 2.00 bits per heavy atom. The van der Waals surface area contributed by atoms with Crippen molar-refractivity contribution in [3.05, 3.63) is 16.1 Å². The lowest BCUT2D eigenvalue weighted by Gasteiger charge is -2.08. The van der Waals surface area contributed by atoms with Crippen molar-refractivity contribution >= 4 is 17.3 Å². The van der Waals surface area contributed by atoms with Gasteiger partial charge in [-0.25, -0.2) is 9.98 Å². The van der Waals surface area contributed by atoms with Gasteiger partial charge in [0.2, 0.25) is 0 Å². The number of nitrogens with zero attached hydrogens (tertiary/aromatic N) is 2. The maximum atomic E-state index is 4.56. The van der Waals surface area contributed by atoms with Crippen molar-refractivity contribution in [2.75, 3.05) is 13.1 Å². The minimum absolute atomic E-state index is 0.492. The first-order valence-corrected chi connectivity index (χ1v) is 7.01. The van der Waals surface area contributed by atoms with E-state index in [4.69, 9.17) is 0 Å². The van der Waals surface area contributed by atoms with E-state index < -0.39 is 0 Å². The Kier molecular flexibility index (Phi) is 5.97. The van der Waals surface area contributed by atoms with Gasteiger partial charge < -0.3 is 10.6 Å². The third kappa shape index (κ3) is 4.73. The molecule has 0 atom stereocenters. The highest BCUT2D eigenvalue weighted by Gasteiger charge is 2.05. The molecule has 0 amide bonds. The Hall–Kier alpha value is -1.10. The summed E-state index contributed by atoms with van der Waals surface area (Å²) >= 11 is 1.68. The van der Waals surface area contributed by atoms with Gasteiger partial charge in [-0.15, -0.1) is 11.3 Å². The van der Waals surface area contributed by atoms with Crippen LogP contribution in [0.15, 0.2) is 10.4 Å². The van der Waals surface area contributed by atoms with Crippen molar-refractivity contribution in [3.63, 3.8) is 0 Å². The van der Waals surface area contributed by atoms with Gasteiger partial charge in [-0.2, -0.15) is 0 Å². The van der Waals surface area contributed by atoms with Crippen LogP contribution < -0.4 is 10.6 Å². The summed E-state index contributed by atoms with van der Waals surface area (Å²) in [6.45, 7) is 10.8. The lowest BCUT2D eigenvalue weighted by Crippen LogP contribution is -2.36. The molecule has 4 nitrogen and oxygen atoms in total. The minimum Gasteiger partial charge on any atom is -0.357 e. The van der Waals surface area contributed by atoms with Crippen molar-refractivity contribution in [3.8, 4) is 0 Å². The molecule has 0 unspecified atom stereocenters. The first-order chi connectivity index (χ1) is 8.17. The molecule has 0 fully saturated rings. The van der Waals surface area contributed by atoms with Gasteiger partial charge in [-0.1, -0.05) is 13.8 Å². The Balaban J connectivity index is 2.59. The molecule has 17 heavy (non-hydrogen) atoms.